The molecule has 1 aliphatic carbocycles. The van der Waals surface area contributed by atoms with Gasteiger partial charge >= 0.3 is 0 Å². The Bertz CT molecular complexity index is 805. The van der Waals surface area contributed by atoms with E-state index in [-0.39, 0.29) is 5.78 Å². The molecular weight excluding hydrogens is 342 g/mol. The lowest BCUT2D eigenvalue weighted by Crippen LogP contribution is -2.15. The fourth-order valence-electron chi connectivity index (χ4n) is 3.73. The van der Waals surface area contributed by atoms with Crippen molar-refractivity contribution >= 4 is 39.3 Å². The van der Waals surface area contributed by atoms with Crippen molar-refractivity contribution in [2.24, 2.45) is 5.92 Å². The van der Waals surface area contributed by atoms with Gasteiger partial charge in [-0.25, -0.2) is 0 Å². The largest absolute Gasteiger partial charge is 0.385 e. The molecule has 138 valence electrons. The standard InChI is InChI=1S/C22H27NO2S/c1-25-13-3-4-16-7-8-18(15-20(24)5-2-6-22(16)26)17-9-10-21-19(14-17)11-12-23-21/h9-12,14-16,23H,2-8,13H2,1H3. The molecule has 1 aromatic carbocycles. The van der Waals surface area contributed by atoms with E-state index in [1.807, 2.05) is 12.3 Å². The first-order valence-corrected chi connectivity index (χ1v) is 9.91. The first-order chi connectivity index (χ1) is 12.7. The van der Waals surface area contributed by atoms with Crippen LogP contribution in [-0.2, 0) is 9.53 Å². The van der Waals surface area contributed by atoms with Crippen molar-refractivity contribution < 1.29 is 9.53 Å². The van der Waals surface area contributed by atoms with E-state index in [2.05, 4.69) is 29.2 Å². The van der Waals surface area contributed by atoms with Crippen LogP contribution in [0.1, 0.15) is 50.5 Å². The summed E-state index contributed by atoms with van der Waals surface area (Å²) in [4.78, 5) is 16.7. The molecule has 0 fully saturated rings. The minimum Gasteiger partial charge on any atom is -0.385 e. The van der Waals surface area contributed by atoms with Crippen molar-refractivity contribution in [3.05, 3.63) is 42.1 Å². The second-order valence-electron chi connectivity index (χ2n) is 7.11. The number of H-pyrrole nitrogens is 1. The van der Waals surface area contributed by atoms with Gasteiger partial charge in [0.05, 0.1) is 0 Å². The summed E-state index contributed by atoms with van der Waals surface area (Å²) >= 11 is 5.70. The first-order valence-electron chi connectivity index (χ1n) is 9.50. The summed E-state index contributed by atoms with van der Waals surface area (Å²) < 4.78 is 5.20. The molecule has 0 saturated carbocycles. The van der Waals surface area contributed by atoms with Crippen LogP contribution >= 0.6 is 12.2 Å². The van der Waals surface area contributed by atoms with E-state index in [9.17, 15) is 4.79 Å². The Balaban J connectivity index is 1.82. The zero-order valence-corrected chi connectivity index (χ0v) is 16.2. The number of rotatable bonds is 5. The molecule has 0 aliphatic heterocycles. The smallest absolute Gasteiger partial charge is 0.155 e. The predicted molar refractivity (Wildman–Crippen MR) is 112 cm³/mol. The number of hydrogen-bond donors (Lipinski definition) is 1. The van der Waals surface area contributed by atoms with Crippen molar-refractivity contribution in [1.29, 1.82) is 0 Å². The summed E-state index contributed by atoms with van der Waals surface area (Å²) in [5.41, 5.74) is 3.41. The van der Waals surface area contributed by atoms with E-state index in [4.69, 9.17) is 17.0 Å². The molecule has 3 rings (SSSR count). The molecule has 1 unspecified atom stereocenters. The topological polar surface area (TPSA) is 42.1 Å². The average Bonchev–Trinajstić information content (AvgIpc) is 3.10. The Hall–Kier alpha value is -1.78. The van der Waals surface area contributed by atoms with Crippen LogP contribution in [-0.4, -0.2) is 29.3 Å². The summed E-state index contributed by atoms with van der Waals surface area (Å²) in [5.74, 6) is 0.655. The van der Waals surface area contributed by atoms with Gasteiger partial charge in [0.15, 0.2) is 5.78 Å². The summed E-state index contributed by atoms with van der Waals surface area (Å²) in [7, 11) is 1.75. The molecule has 0 spiro atoms. The number of carbonyl (C=O) groups is 1. The summed E-state index contributed by atoms with van der Waals surface area (Å²) in [6.07, 6.45) is 10.2. The van der Waals surface area contributed by atoms with E-state index in [1.54, 1.807) is 7.11 Å². The van der Waals surface area contributed by atoms with Gasteiger partial charge < -0.3 is 9.72 Å². The molecule has 1 atom stereocenters. The highest BCUT2D eigenvalue weighted by Crippen LogP contribution is 2.29. The van der Waals surface area contributed by atoms with Gasteiger partial charge in [-0.2, -0.15) is 0 Å². The number of ketones is 1. The van der Waals surface area contributed by atoms with Crippen molar-refractivity contribution in [2.75, 3.05) is 13.7 Å². The molecule has 0 saturated heterocycles. The van der Waals surface area contributed by atoms with Crippen LogP contribution in [0.25, 0.3) is 16.5 Å². The second-order valence-corrected chi connectivity index (χ2v) is 7.63. The minimum absolute atomic E-state index is 0.217. The molecule has 0 bridgehead atoms. The van der Waals surface area contributed by atoms with Crippen LogP contribution < -0.4 is 0 Å². The van der Waals surface area contributed by atoms with Crippen molar-refractivity contribution in [2.45, 2.75) is 44.9 Å². The van der Waals surface area contributed by atoms with Gasteiger partial charge in [-0.15, -0.1) is 0 Å². The monoisotopic (exact) mass is 369 g/mol. The van der Waals surface area contributed by atoms with E-state index < -0.39 is 0 Å². The summed E-state index contributed by atoms with van der Waals surface area (Å²) in [6.45, 7) is 0.782. The Morgan fingerprint density at radius 3 is 2.96 bits per heavy atom. The van der Waals surface area contributed by atoms with Gasteiger partial charge in [0.1, 0.15) is 0 Å². The highest BCUT2D eigenvalue weighted by atomic mass is 32.1. The first kappa shape index (κ1) is 19.0. The Kier molecular flexibility index (Phi) is 6.75. The molecule has 0 radical (unpaired) electrons. The van der Waals surface area contributed by atoms with Crippen molar-refractivity contribution in [1.82, 2.24) is 4.98 Å². The van der Waals surface area contributed by atoms with Crippen LogP contribution in [0.3, 0.4) is 0 Å². The van der Waals surface area contributed by atoms with Crippen LogP contribution in [0.15, 0.2) is 36.5 Å². The summed E-state index contributed by atoms with van der Waals surface area (Å²) in [6, 6.07) is 8.45. The SMILES string of the molecule is COCCCC1CCC(c2ccc3[nH]ccc3c2)=CC(=O)CCCC1=S. The van der Waals surface area contributed by atoms with Gasteiger partial charge in [-0.05, 0) is 90.1 Å². The van der Waals surface area contributed by atoms with Crippen LogP contribution in [0.4, 0.5) is 0 Å². The number of nitrogens with one attached hydrogen (secondary N) is 1. The number of benzene rings is 1. The lowest BCUT2D eigenvalue weighted by atomic mass is 9.86. The third kappa shape index (κ3) is 4.89. The molecule has 1 N–H and O–H groups in total. The van der Waals surface area contributed by atoms with Crippen molar-refractivity contribution in [3.8, 4) is 0 Å². The van der Waals surface area contributed by atoms with Crippen molar-refractivity contribution in [3.63, 3.8) is 0 Å². The van der Waals surface area contributed by atoms with E-state index >= 15 is 0 Å². The molecule has 2 aromatic rings. The number of aromatic nitrogens is 1. The molecule has 1 aliphatic rings. The highest BCUT2D eigenvalue weighted by molar-refractivity contribution is 7.80. The van der Waals surface area contributed by atoms with E-state index in [1.165, 1.54) is 5.39 Å². The third-order valence-electron chi connectivity index (χ3n) is 5.22. The maximum absolute atomic E-state index is 12.4. The molecule has 0 amide bonds. The number of methoxy groups -OCH3 is 1. The highest BCUT2D eigenvalue weighted by Gasteiger charge is 2.18. The van der Waals surface area contributed by atoms with Gasteiger partial charge in [0.2, 0.25) is 0 Å². The van der Waals surface area contributed by atoms with Crippen LogP contribution in [0.5, 0.6) is 0 Å². The van der Waals surface area contributed by atoms with Gasteiger partial charge in [-0.1, -0.05) is 18.3 Å². The fraction of sp³-hybridized carbons (Fsp3) is 0.455. The maximum Gasteiger partial charge on any atom is 0.155 e. The maximum atomic E-state index is 12.4. The lowest BCUT2D eigenvalue weighted by molar-refractivity contribution is -0.114. The summed E-state index contributed by atoms with van der Waals surface area (Å²) in [5, 5.41) is 1.18. The number of aromatic amines is 1. The molecule has 1 aromatic heterocycles. The van der Waals surface area contributed by atoms with Gasteiger partial charge in [0, 0.05) is 31.9 Å². The molecule has 1 heterocycles. The zero-order chi connectivity index (χ0) is 18.4. The quantitative estimate of drug-likeness (QED) is 0.559. The Labute approximate surface area is 160 Å². The normalized spacial score (nSPS) is 19.6. The third-order valence-corrected chi connectivity index (χ3v) is 5.76. The number of ether oxygens (including phenoxy) is 1. The number of hydrogen-bond acceptors (Lipinski definition) is 3. The minimum atomic E-state index is 0.217. The van der Waals surface area contributed by atoms with Gasteiger partial charge in [-0.3, -0.25) is 4.79 Å². The number of carbonyl (C=O) groups excluding carboxylic acids is 1. The second kappa shape index (κ2) is 9.24. The molecular formula is C22H27NO2S. The van der Waals surface area contributed by atoms with Crippen LogP contribution in [0, 0.1) is 5.92 Å². The molecule has 4 heteroatoms. The average molecular weight is 370 g/mol. The van der Waals surface area contributed by atoms with E-state index in [0.717, 1.165) is 66.6 Å². The molecule has 26 heavy (non-hydrogen) atoms. The zero-order valence-electron chi connectivity index (χ0n) is 15.4. The number of fused-ring (bicyclic) bond motifs is 1. The number of allylic oxidation sites excluding steroid dienone is 2. The Morgan fingerprint density at radius 2 is 2.12 bits per heavy atom. The fourth-order valence-corrected chi connectivity index (χ4v) is 4.11. The van der Waals surface area contributed by atoms with E-state index in [0.29, 0.717) is 12.3 Å². The van der Waals surface area contributed by atoms with Gasteiger partial charge in [0.25, 0.3) is 0 Å². The Morgan fingerprint density at radius 1 is 1.23 bits per heavy atom. The lowest BCUT2D eigenvalue weighted by Gasteiger charge is -2.20. The molecule has 3 nitrogen and oxygen atoms in total. The van der Waals surface area contributed by atoms with Crippen LogP contribution in [0.2, 0.25) is 0 Å². The number of thiocarbonyl (C=S) groups is 1. The predicted octanol–water partition coefficient (Wildman–Crippen LogP) is 5.50.